The number of benzene rings is 1. The van der Waals surface area contributed by atoms with Crippen molar-refractivity contribution in [2.75, 3.05) is 19.0 Å². The molecule has 0 radical (unpaired) electrons. The smallest absolute Gasteiger partial charge is 0.121 e. The van der Waals surface area contributed by atoms with Gasteiger partial charge in [0.2, 0.25) is 0 Å². The summed E-state index contributed by atoms with van der Waals surface area (Å²) in [7, 11) is 1.69. The van der Waals surface area contributed by atoms with E-state index in [9.17, 15) is 0 Å². The van der Waals surface area contributed by atoms with Crippen molar-refractivity contribution < 1.29 is 10.5 Å². The summed E-state index contributed by atoms with van der Waals surface area (Å²) < 4.78 is 5.33. The van der Waals surface area contributed by atoms with Gasteiger partial charge in [-0.3, -0.25) is 4.98 Å². The quantitative estimate of drug-likeness (QED) is 0.782. The molecule has 0 unspecified atom stereocenters. The molecule has 0 saturated heterocycles. The normalized spacial score (nSPS) is 12.4. The lowest BCUT2D eigenvalue weighted by molar-refractivity contribution is -0.415. The van der Waals surface area contributed by atoms with Crippen molar-refractivity contribution in [2.45, 2.75) is 25.8 Å². The molecule has 2 aromatic rings. The number of hydrogen-bond donors (Lipinski definition) is 2. The molecule has 0 saturated carbocycles. The Kier molecular flexibility index (Phi) is 4.58. The van der Waals surface area contributed by atoms with Gasteiger partial charge in [-0.15, -0.1) is 0 Å². The number of ether oxygens (including phenoxy) is 1. The van der Waals surface area contributed by atoms with E-state index in [1.54, 1.807) is 7.11 Å². The molecule has 0 fully saturated rings. The van der Waals surface area contributed by atoms with Gasteiger partial charge in [0.1, 0.15) is 5.75 Å². The van der Waals surface area contributed by atoms with Crippen molar-refractivity contribution in [3.8, 4) is 5.75 Å². The number of hydrogen-bond acceptors (Lipinski definition) is 3. The fourth-order valence-corrected chi connectivity index (χ4v) is 2.09. The monoisotopic (exact) mass is 260 g/mol. The lowest BCUT2D eigenvalue weighted by Gasteiger charge is -2.11. The van der Waals surface area contributed by atoms with Gasteiger partial charge in [-0.1, -0.05) is 6.07 Å². The zero-order valence-corrected chi connectivity index (χ0v) is 11.6. The highest BCUT2D eigenvalue weighted by molar-refractivity contribution is 5.91. The number of nitrogens with zero attached hydrogens (tertiary/aromatic N) is 1. The summed E-state index contributed by atoms with van der Waals surface area (Å²) in [6.07, 6.45) is 4.05. The van der Waals surface area contributed by atoms with E-state index in [1.807, 2.05) is 30.5 Å². The van der Waals surface area contributed by atoms with Crippen LogP contribution in [0.4, 0.5) is 5.69 Å². The Labute approximate surface area is 114 Å². The molecule has 0 bridgehead atoms. The number of nitrogens with one attached hydrogen (secondary N) is 1. The molecule has 2 rings (SSSR count). The van der Waals surface area contributed by atoms with Gasteiger partial charge in [0.25, 0.3) is 0 Å². The van der Waals surface area contributed by atoms with Gasteiger partial charge in [0.15, 0.2) is 0 Å². The zero-order chi connectivity index (χ0) is 13.7. The molecule has 1 aromatic heterocycles. The Morgan fingerprint density at radius 1 is 1.42 bits per heavy atom. The molecule has 0 aliphatic heterocycles. The van der Waals surface area contributed by atoms with Gasteiger partial charge in [-0.25, -0.2) is 0 Å². The molecule has 102 valence electrons. The Hall–Kier alpha value is -1.81. The van der Waals surface area contributed by atoms with Crippen LogP contribution in [0, 0.1) is 0 Å². The first-order valence-corrected chi connectivity index (χ1v) is 6.70. The molecule has 0 aliphatic rings. The highest BCUT2D eigenvalue weighted by Crippen LogP contribution is 2.27. The first-order chi connectivity index (χ1) is 9.20. The number of anilines is 1. The number of aromatic nitrogens is 1. The van der Waals surface area contributed by atoms with Gasteiger partial charge in [-0.05, 0) is 25.5 Å². The maximum atomic E-state index is 5.33. The molecular weight excluding hydrogens is 238 g/mol. The van der Waals surface area contributed by atoms with Crippen LogP contribution < -0.4 is 15.8 Å². The van der Waals surface area contributed by atoms with Gasteiger partial charge < -0.3 is 15.8 Å². The minimum Gasteiger partial charge on any atom is -0.497 e. The van der Waals surface area contributed by atoms with Crippen LogP contribution in [0.15, 0.2) is 30.5 Å². The van der Waals surface area contributed by atoms with E-state index in [4.69, 9.17) is 4.74 Å². The van der Waals surface area contributed by atoms with Gasteiger partial charge >= 0.3 is 0 Å². The Morgan fingerprint density at radius 3 is 3.00 bits per heavy atom. The lowest BCUT2D eigenvalue weighted by Crippen LogP contribution is -2.58. The molecule has 0 aliphatic carbocycles. The molecule has 0 spiro atoms. The molecule has 0 amide bonds. The fraction of sp³-hybridized carbons (Fsp3) is 0.400. The van der Waals surface area contributed by atoms with Gasteiger partial charge in [0.05, 0.1) is 24.4 Å². The Morgan fingerprint density at radius 2 is 2.26 bits per heavy atom. The lowest BCUT2D eigenvalue weighted by atomic mass is 10.1. The molecule has 4 nitrogen and oxygen atoms in total. The van der Waals surface area contributed by atoms with Gasteiger partial charge in [0, 0.05) is 30.6 Å². The first kappa shape index (κ1) is 13.6. The summed E-state index contributed by atoms with van der Waals surface area (Å²) in [5.74, 6) is 0.855. The minimum absolute atomic E-state index is 0.502. The third-order valence-corrected chi connectivity index (χ3v) is 3.10. The van der Waals surface area contributed by atoms with Crippen molar-refractivity contribution in [3.63, 3.8) is 0 Å². The van der Waals surface area contributed by atoms with E-state index in [0.717, 1.165) is 41.7 Å². The van der Waals surface area contributed by atoms with E-state index >= 15 is 0 Å². The number of pyridine rings is 1. The summed E-state index contributed by atoms with van der Waals surface area (Å²) in [5.41, 5.74) is 6.03. The van der Waals surface area contributed by atoms with Crippen molar-refractivity contribution >= 4 is 16.6 Å². The van der Waals surface area contributed by atoms with Crippen molar-refractivity contribution in [3.05, 3.63) is 30.5 Å². The fourth-order valence-electron chi connectivity index (χ4n) is 2.09. The minimum atomic E-state index is 0.502. The Balaban J connectivity index is 2.16. The average Bonchev–Trinajstić information content (AvgIpc) is 2.42. The third kappa shape index (κ3) is 3.58. The predicted molar refractivity (Wildman–Crippen MR) is 78.4 cm³/mol. The summed E-state index contributed by atoms with van der Waals surface area (Å²) in [6, 6.07) is 8.50. The van der Waals surface area contributed by atoms with Crippen LogP contribution in [0.1, 0.15) is 19.8 Å². The second-order valence-electron chi connectivity index (χ2n) is 4.92. The molecule has 4 heteroatoms. The van der Waals surface area contributed by atoms with Crippen LogP contribution in [0.25, 0.3) is 10.9 Å². The van der Waals surface area contributed by atoms with E-state index in [0.29, 0.717) is 6.04 Å². The maximum absolute atomic E-state index is 5.33. The molecule has 1 atom stereocenters. The molecule has 1 heterocycles. The summed E-state index contributed by atoms with van der Waals surface area (Å²) >= 11 is 0. The number of rotatable bonds is 6. The highest BCUT2D eigenvalue weighted by Gasteiger charge is 2.05. The number of fused-ring (bicyclic) bond motifs is 1. The highest BCUT2D eigenvalue weighted by atomic mass is 16.5. The van der Waals surface area contributed by atoms with Crippen LogP contribution in [0.5, 0.6) is 5.75 Å². The second-order valence-corrected chi connectivity index (χ2v) is 4.92. The van der Waals surface area contributed by atoms with Crippen molar-refractivity contribution in [2.24, 2.45) is 0 Å². The number of methoxy groups -OCH3 is 1. The molecule has 4 N–H and O–H groups in total. The Bertz CT molecular complexity index is 540. The van der Waals surface area contributed by atoms with E-state index in [2.05, 4.69) is 23.0 Å². The predicted octanol–water partition coefficient (Wildman–Crippen LogP) is 2.07. The van der Waals surface area contributed by atoms with E-state index < -0.39 is 0 Å². The first-order valence-electron chi connectivity index (χ1n) is 6.70. The molecule has 1 aromatic carbocycles. The summed E-state index contributed by atoms with van der Waals surface area (Å²) in [6.45, 7) is 3.07. The van der Waals surface area contributed by atoms with E-state index in [-0.39, 0.29) is 0 Å². The summed E-state index contributed by atoms with van der Waals surface area (Å²) in [4.78, 5) is 4.44. The second kappa shape index (κ2) is 6.38. The topological polar surface area (TPSA) is 61.8 Å². The van der Waals surface area contributed by atoms with Crippen LogP contribution in [-0.2, 0) is 0 Å². The van der Waals surface area contributed by atoms with E-state index in [1.165, 1.54) is 0 Å². The largest absolute Gasteiger partial charge is 0.497 e. The molecular formula is C15H22N3O+. The van der Waals surface area contributed by atoms with Crippen LogP contribution in [-0.4, -0.2) is 24.7 Å². The van der Waals surface area contributed by atoms with Gasteiger partial charge in [-0.2, -0.15) is 0 Å². The molecule has 19 heavy (non-hydrogen) atoms. The van der Waals surface area contributed by atoms with Crippen LogP contribution in [0.3, 0.4) is 0 Å². The standard InChI is InChI=1S/C15H21N3O/c1-11(16)5-3-7-17-14-10-13(19-2)9-12-6-4-8-18-15(12)14/h4,6,8-11,17H,3,5,7,16H2,1-2H3/p+1/t11-/m1/s1. The average molecular weight is 260 g/mol. The third-order valence-electron chi connectivity index (χ3n) is 3.10. The van der Waals surface area contributed by atoms with Crippen molar-refractivity contribution in [1.82, 2.24) is 4.98 Å². The van der Waals surface area contributed by atoms with Crippen molar-refractivity contribution in [1.29, 1.82) is 0 Å². The zero-order valence-electron chi connectivity index (χ0n) is 11.6. The number of quaternary nitrogens is 1. The van der Waals surface area contributed by atoms with Crippen LogP contribution >= 0.6 is 0 Å². The maximum Gasteiger partial charge on any atom is 0.121 e. The SMILES string of the molecule is COc1cc(NCCC[C@@H](C)[NH3+])c2ncccc2c1. The summed E-state index contributed by atoms with van der Waals surface area (Å²) in [5, 5.41) is 4.54. The van der Waals surface area contributed by atoms with Crippen LogP contribution in [0.2, 0.25) is 0 Å².